The molecule has 0 unspecified atom stereocenters. The molecule has 2 N–H and O–H groups in total. The van der Waals surface area contributed by atoms with Gasteiger partial charge in [0.2, 0.25) is 0 Å². The number of benzene rings is 2. The van der Waals surface area contributed by atoms with Crippen molar-refractivity contribution in [1.82, 2.24) is 0 Å². The van der Waals surface area contributed by atoms with Crippen LogP contribution in [0.25, 0.3) is 0 Å². The fourth-order valence-corrected chi connectivity index (χ4v) is 1.77. The van der Waals surface area contributed by atoms with Gasteiger partial charge in [0.1, 0.15) is 11.6 Å². The number of amides is 1. The molecule has 0 fully saturated rings. The van der Waals surface area contributed by atoms with Crippen molar-refractivity contribution in [2.24, 2.45) is 0 Å². The summed E-state index contributed by atoms with van der Waals surface area (Å²) in [6.07, 6.45) is 0. The van der Waals surface area contributed by atoms with E-state index in [1.54, 1.807) is 24.3 Å². The molecule has 0 spiro atoms. The molecule has 0 saturated carbocycles. The van der Waals surface area contributed by atoms with Crippen molar-refractivity contribution in [3.63, 3.8) is 0 Å². The molecule has 0 aliphatic rings. The van der Waals surface area contributed by atoms with Crippen LogP contribution in [0.3, 0.4) is 0 Å². The number of halogens is 2. The van der Waals surface area contributed by atoms with Crippen molar-refractivity contribution in [2.75, 3.05) is 17.7 Å². The molecule has 19 heavy (non-hydrogen) atoms. The fourth-order valence-electron chi connectivity index (χ4n) is 1.77. The second kappa shape index (κ2) is 5.06. The molecule has 3 nitrogen and oxygen atoms in total. The monoisotopic (exact) mass is 262 g/mol. The number of hydrogen-bond acceptors (Lipinski definition) is 2. The van der Waals surface area contributed by atoms with Gasteiger partial charge in [0.25, 0.3) is 5.91 Å². The normalized spacial score (nSPS) is 10.3. The summed E-state index contributed by atoms with van der Waals surface area (Å²) < 4.78 is 26.2. The Balaban J connectivity index is 2.36. The molecular weight excluding hydrogens is 250 g/mol. The Labute approximate surface area is 109 Å². The van der Waals surface area contributed by atoms with E-state index in [9.17, 15) is 13.6 Å². The number of nitrogens with two attached hydrogens (primary N) is 1. The highest BCUT2D eigenvalue weighted by atomic mass is 19.1. The van der Waals surface area contributed by atoms with E-state index in [1.165, 1.54) is 11.9 Å². The Hall–Kier alpha value is -2.43. The standard InChI is InChI=1S/C14H12F2N2O/c1-18(13-5-3-2-4-12(13)17)14(19)9-6-10(15)8-11(16)7-9/h2-8H,17H2,1H3. The minimum Gasteiger partial charge on any atom is -0.397 e. The molecule has 0 atom stereocenters. The second-order valence-corrected chi connectivity index (χ2v) is 4.08. The van der Waals surface area contributed by atoms with Gasteiger partial charge in [0, 0.05) is 18.7 Å². The van der Waals surface area contributed by atoms with Gasteiger partial charge in [-0.3, -0.25) is 4.79 Å². The molecule has 0 saturated heterocycles. The fraction of sp³-hybridized carbons (Fsp3) is 0.0714. The number of anilines is 2. The average molecular weight is 262 g/mol. The summed E-state index contributed by atoms with van der Waals surface area (Å²) in [5, 5.41) is 0. The summed E-state index contributed by atoms with van der Waals surface area (Å²) in [5.74, 6) is -2.12. The van der Waals surface area contributed by atoms with E-state index < -0.39 is 17.5 Å². The lowest BCUT2D eigenvalue weighted by atomic mass is 10.1. The molecule has 0 heterocycles. The Morgan fingerprint density at radius 1 is 1.11 bits per heavy atom. The first-order valence-corrected chi connectivity index (χ1v) is 5.57. The van der Waals surface area contributed by atoms with Crippen LogP contribution in [0.1, 0.15) is 10.4 Å². The molecule has 2 rings (SSSR count). The molecule has 5 heteroatoms. The summed E-state index contributed by atoms with van der Waals surface area (Å²) in [7, 11) is 1.50. The van der Waals surface area contributed by atoms with Crippen molar-refractivity contribution in [1.29, 1.82) is 0 Å². The van der Waals surface area contributed by atoms with Gasteiger partial charge in [-0.2, -0.15) is 0 Å². The third-order valence-electron chi connectivity index (χ3n) is 2.71. The lowest BCUT2D eigenvalue weighted by Gasteiger charge is -2.19. The highest BCUT2D eigenvalue weighted by molar-refractivity contribution is 6.07. The van der Waals surface area contributed by atoms with Crippen LogP contribution in [0.5, 0.6) is 0 Å². The van der Waals surface area contributed by atoms with Gasteiger partial charge in [-0.05, 0) is 24.3 Å². The third-order valence-corrected chi connectivity index (χ3v) is 2.71. The minimum absolute atomic E-state index is 0.0664. The van der Waals surface area contributed by atoms with Crippen LogP contribution < -0.4 is 10.6 Å². The van der Waals surface area contributed by atoms with Crippen LogP contribution in [0.2, 0.25) is 0 Å². The first-order valence-electron chi connectivity index (χ1n) is 5.57. The maximum Gasteiger partial charge on any atom is 0.258 e. The van der Waals surface area contributed by atoms with Gasteiger partial charge in [0.15, 0.2) is 0 Å². The summed E-state index contributed by atoms with van der Waals surface area (Å²) in [5.41, 5.74) is 6.58. The predicted molar refractivity (Wildman–Crippen MR) is 69.9 cm³/mol. The van der Waals surface area contributed by atoms with E-state index in [0.717, 1.165) is 12.1 Å². The maximum absolute atomic E-state index is 13.1. The van der Waals surface area contributed by atoms with Crippen LogP contribution in [-0.2, 0) is 0 Å². The van der Waals surface area contributed by atoms with Crippen LogP contribution in [0, 0.1) is 11.6 Å². The number of rotatable bonds is 2. The van der Waals surface area contributed by atoms with E-state index in [4.69, 9.17) is 5.73 Å². The van der Waals surface area contributed by atoms with Gasteiger partial charge in [0.05, 0.1) is 11.4 Å². The van der Waals surface area contributed by atoms with Gasteiger partial charge in [-0.25, -0.2) is 8.78 Å². The van der Waals surface area contributed by atoms with Crippen molar-refractivity contribution < 1.29 is 13.6 Å². The molecule has 0 aromatic heterocycles. The van der Waals surface area contributed by atoms with Crippen LogP contribution in [0.15, 0.2) is 42.5 Å². The molecule has 0 aliphatic carbocycles. The average Bonchev–Trinajstić information content (AvgIpc) is 2.36. The minimum atomic E-state index is -0.794. The Kier molecular flexibility index (Phi) is 3.46. The van der Waals surface area contributed by atoms with E-state index in [2.05, 4.69) is 0 Å². The number of nitrogen functional groups attached to an aromatic ring is 1. The largest absolute Gasteiger partial charge is 0.397 e. The number of nitrogens with zero attached hydrogens (tertiary/aromatic N) is 1. The van der Waals surface area contributed by atoms with Crippen LogP contribution in [0.4, 0.5) is 20.2 Å². The molecular formula is C14H12F2N2O. The smallest absolute Gasteiger partial charge is 0.258 e. The highest BCUT2D eigenvalue weighted by Gasteiger charge is 2.16. The molecule has 0 aliphatic heterocycles. The third kappa shape index (κ3) is 2.70. The van der Waals surface area contributed by atoms with Crippen molar-refractivity contribution in [3.8, 4) is 0 Å². The summed E-state index contributed by atoms with van der Waals surface area (Å²) >= 11 is 0. The summed E-state index contributed by atoms with van der Waals surface area (Å²) in [6.45, 7) is 0. The van der Waals surface area contributed by atoms with Crippen LogP contribution in [-0.4, -0.2) is 13.0 Å². The van der Waals surface area contributed by atoms with Crippen molar-refractivity contribution >= 4 is 17.3 Å². The predicted octanol–water partition coefficient (Wildman–Crippen LogP) is 2.82. The van der Waals surface area contributed by atoms with E-state index >= 15 is 0 Å². The Bertz CT molecular complexity index is 608. The van der Waals surface area contributed by atoms with Gasteiger partial charge >= 0.3 is 0 Å². The molecule has 1 amide bonds. The molecule has 2 aromatic rings. The topological polar surface area (TPSA) is 46.3 Å². The second-order valence-electron chi connectivity index (χ2n) is 4.08. The lowest BCUT2D eigenvalue weighted by Crippen LogP contribution is -2.27. The van der Waals surface area contributed by atoms with Gasteiger partial charge in [-0.1, -0.05) is 12.1 Å². The highest BCUT2D eigenvalue weighted by Crippen LogP contribution is 2.23. The lowest BCUT2D eigenvalue weighted by molar-refractivity contribution is 0.0992. The Morgan fingerprint density at radius 2 is 1.68 bits per heavy atom. The quantitative estimate of drug-likeness (QED) is 0.846. The van der Waals surface area contributed by atoms with Gasteiger partial charge in [-0.15, -0.1) is 0 Å². The SMILES string of the molecule is CN(C(=O)c1cc(F)cc(F)c1)c1ccccc1N. The number of hydrogen-bond donors (Lipinski definition) is 1. The molecule has 0 radical (unpaired) electrons. The zero-order valence-corrected chi connectivity index (χ0v) is 10.2. The zero-order chi connectivity index (χ0) is 14.0. The van der Waals surface area contributed by atoms with Crippen molar-refractivity contribution in [3.05, 3.63) is 59.7 Å². The Morgan fingerprint density at radius 3 is 2.26 bits per heavy atom. The van der Waals surface area contributed by atoms with Crippen LogP contribution >= 0.6 is 0 Å². The molecule has 98 valence electrons. The van der Waals surface area contributed by atoms with Gasteiger partial charge < -0.3 is 10.6 Å². The van der Waals surface area contributed by atoms with E-state index in [-0.39, 0.29) is 5.56 Å². The molecule has 2 aromatic carbocycles. The molecule has 0 bridgehead atoms. The van der Waals surface area contributed by atoms with E-state index in [0.29, 0.717) is 17.4 Å². The van der Waals surface area contributed by atoms with E-state index in [1.807, 2.05) is 0 Å². The first-order chi connectivity index (χ1) is 8.99. The first kappa shape index (κ1) is 13.0. The number of carbonyl (C=O) groups is 1. The summed E-state index contributed by atoms with van der Waals surface area (Å²) in [4.78, 5) is 13.4. The summed E-state index contributed by atoms with van der Waals surface area (Å²) in [6, 6.07) is 9.45. The zero-order valence-electron chi connectivity index (χ0n) is 10.2. The maximum atomic E-state index is 13.1. The number of para-hydroxylation sites is 2. The number of carbonyl (C=O) groups excluding carboxylic acids is 1. The van der Waals surface area contributed by atoms with Crippen molar-refractivity contribution in [2.45, 2.75) is 0 Å².